The first-order chi connectivity index (χ1) is 7.81. The Kier molecular flexibility index (Phi) is 3.69. The number of hydrogen-bond acceptors (Lipinski definition) is 4. The first-order valence-electron chi connectivity index (χ1n) is 5.39. The third-order valence-corrected chi connectivity index (χ3v) is 3.35. The molecule has 0 fully saturated rings. The van der Waals surface area contributed by atoms with Crippen LogP contribution in [0.25, 0.3) is 0 Å². The summed E-state index contributed by atoms with van der Waals surface area (Å²) >= 11 is 1.56. The van der Waals surface area contributed by atoms with Gasteiger partial charge in [0.25, 0.3) is 0 Å². The Morgan fingerprint density at radius 3 is 3.12 bits per heavy atom. The van der Waals surface area contributed by atoms with Gasteiger partial charge in [0, 0.05) is 17.8 Å². The Morgan fingerprint density at radius 1 is 1.56 bits per heavy atom. The van der Waals surface area contributed by atoms with E-state index in [0.717, 1.165) is 23.7 Å². The zero-order valence-electron chi connectivity index (χ0n) is 9.21. The maximum atomic E-state index is 10.0. The first kappa shape index (κ1) is 11.3. The highest BCUT2D eigenvalue weighted by atomic mass is 32.1. The van der Waals surface area contributed by atoms with Crippen LogP contribution in [0.3, 0.4) is 0 Å². The molecule has 1 unspecified atom stereocenters. The topological polar surface area (TPSA) is 50.9 Å². The number of aryl methyl sites for hydroxylation is 1. The molecular weight excluding hydrogens is 222 g/mol. The molecule has 0 aliphatic heterocycles. The standard InChI is InChI=1S/C11H15N3OS/c1-2-5-14-11(12-8-13-14)7-9(15)10-4-3-6-16-10/h3-4,6,8-9,15H,2,5,7H2,1H3. The molecule has 1 N–H and O–H groups in total. The summed E-state index contributed by atoms with van der Waals surface area (Å²) in [6, 6.07) is 3.88. The molecule has 0 aromatic carbocycles. The smallest absolute Gasteiger partial charge is 0.138 e. The van der Waals surface area contributed by atoms with Gasteiger partial charge in [0.15, 0.2) is 0 Å². The highest BCUT2D eigenvalue weighted by Gasteiger charge is 2.13. The highest BCUT2D eigenvalue weighted by Crippen LogP contribution is 2.21. The molecule has 1 atom stereocenters. The van der Waals surface area contributed by atoms with Gasteiger partial charge in [-0.15, -0.1) is 11.3 Å². The van der Waals surface area contributed by atoms with Crippen molar-refractivity contribution in [3.63, 3.8) is 0 Å². The molecule has 2 aromatic rings. The lowest BCUT2D eigenvalue weighted by atomic mass is 10.2. The van der Waals surface area contributed by atoms with Crippen LogP contribution in [0.15, 0.2) is 23.8 Å². The minimum Gasteiger partial charge on any atom is -0.387 e. The largest absolute Gasteiger partial charge is 0.387 e. The predicted molar refractivity (Wildman–Crippen MR) is 63.3 cm³/mol. The first-order valence-corrected chi connectivity index (χ1v) is 6.27. The molecule has 0 saturated heterocycles. The second-order valence-electron chi connectivity index (χ2n) is 3.63. The van der Waals surface area contributed by atoms with Crippen molar-refractivity contribution in [3.05, 3.63) is 34.5 Å². The summed E-state index contributed by atoms with van der Waals surface area (Å²) in [6.45, 7) is 2.95. The van der Waals surface area contributed by atoms with Crippen molar-refractivity contribution in [3.8, 4) is 0 Å². The molecule has 0 aliphatic rings. The van der Waals surface area contributed by atoms with Gasteiger partial charge in [0.2, 0.25) is 0 Å². The van der Waals surface area contributed by atoms with E-state index in [0.29, 0.717) is 6.42 Å². The molecule has 0 radical (unpaired) electrons. The number of aliphatic hydroxyl groups excluding tert-OH is 1. The monoisotopic (exact) mass is 237 g/mol. The summed E-state index contributed by atoms with van der Waals surface area (Å²) in [5, 5.41) is 16.1. The minimum atomic E-state index is -0.472. The summed E-state index contributed by atoms with van der Waals surface area (Å²) in [4.78, 5) is 5.16. The molecule has 0 spiro atoms. The van der Waals surface area contributed by atoms with E-state index in [1.807, 2.05) is 22.2 Å². The zero-order valence-corrected chi connectivity index (χ0v) is 10.0. The van der Waals surface area contributed by atoms with Crippen molar-refractivity contribution in [1.29, 1.82) is 0 Å². The van der Waals surface area contributed by atoms with Crippen LogP contribution in [0.4, 0.5) is 0 Å². The maximum absolute atomic E-state index is 10.0. The van der Waals surface area contributed by atoms with Crippen molar-refractivity contribution < 1.29 is 5.11 Å². The van der Waals surface area contributed by atoms with Crippen molar-refractivity contribution in [2.45, 2.75) is 32.4 Å². The normalized spacial score (nSPS) is 12.9. The van der Waals surface area contributed by atoms with Gasteiger partial charge in [0.1, 0.15) is 12.2 Å². The Hall–Kier alpha value is -1.20. The van der Waals surface area contributed by atoms with Gasteiger partial charge in [-0.2, -0.15) is 5.10 Å². The molecule has 5 heteroatoms. The Bertz CT molecular complexity index is 424. The molecule has 4 nitrogen and oxygen atoms in total. The van der Waals surface area contributed by atoms with E-state index in [2.05, 4.69) is 17.0 Å². The summed E-state index contributed by atoms with van der Waals surface area (Å²) in [5.74, 6) is 0.850. The summed E-state index contributed by atoms with van der Waals surface area (Å²) in [5.41, 5.74) is 0. The van der Waals surface area contributed by atoms with Crippen LogP contribution in [-0.2, 0) is 13.0 Å². The van der Waals surface area contributed by atoms with Crippen molar-refractivity contribution in [1.82, 2.24) is 14.8 Å². The van der Waals surface area contributed by atoms with E-state index in [1.165, 1.54) is 0 Å². The van der Waals surface area contributed by atoms with Crippen LogP contribution in [0.5, 0.6) is 0 Å². The molecule has 16 heavy (non-hydrogen) atoms. The van der Waals surface area contributed by atoms with Crippen LogP contribution < -0.4 is 0 Å². The number of aliphatic hydroxyl groups is 1. The summed E-state index contributed by atoms with van der Waals surface area (Å²) in [6.07, 6.45) is 2.62. The van der Waals surface area contributed by atoms with Gasteiger partial charge in [-0.25, -0.2) is 4.98 Å². The lowest BCUT2D eigenvalue weighted by Crippen LogP contribution is -2.09. The minimum absolute atomic E-state index is 0.472. The number of thiophene rings is 1. The molecule has 86 valence electrons. The zero-order chi connectivity index (χ0) is 11.4. The second-order valence-corrected chi connectivity index (χ2v) is 4.61. The molecule has 2 rings (SSSR count). The maximum Gasteiger partial charge on any atom is 0.138 e. The lowest BCUT2D eigenvalue weighted by molar-refractivity contribution is 0.177. The average molecular weight is 237 g/mol. The van der Waals surface area contributed by atoms with Gasteiger partial charge in [-0.1, -0.05) is 13.0 Å². The second kappa shape index (κ2) is 5.23. The van der Waals surface area contributed by atoms with Gasteiger partial charge in [-0.05, 0) is 17.9 Å². The van der Waals surface area contributed by atoms with Crippen molar-refractivity contribution >= 4 is 11.3 Å². The lowest BCUT2D eigenvalue weighted by Gasteiger charge is -2.09. The fraction of sp³-hybridized carbons (Fsp3) is 0.455. The van der Waals surface area contributed by atoms with Gasteiger partial charge < -0.3 is 5.11 Å². The molecule has 0 amide bonds. The quantitative estimate of drug-likeness (QED) is 0.865. The highest BCUT2D eigenvalue weighted by molar-refractivity contribution is 7.10. The number of nitrogens with zero attached hydrogens (tertiary/aromatic N) is 3. The third-order valence-electron chi connectivity index (χ3n) is 2.38. The molecular formula is C11H15N3OS. The van der Waals surface area contributed by atoms with Gasteiger partial charge in [0.05, 0.1) is 6.10 Å². The number of rotatable bonds is 5. The van der Waals surface area contributed by atoms with Gasteiger partial charge in [-0.3, -0.25) is 4.68 Å². The fourth-order valence-corrected chi connectivity index (χ4v) is 2.31. The fourth-order valence-electron chi connectivity index (χ4n) is 1.60. The molecule has 2 aromatic heterocycles. The predicted octanol–water partition coefficient (Wildman–Crippen LogP) is 2.03. The van der Waals surface area contributed by atoms with E-state index >= 15 is 0 Å². The molecule has 0 bridgehead atoms. The summed E-state index contributed by atoms with van der Waals surface area (Å²) in [7, 11) is 0. The van der Waals surface area contributed by atoms with E-state index in [4.69, 9.17) is 0 Å². The van der Waals surface area contributed by atoms with Crippen molar-refractivity contribution in [2.24, 2.45) is 0 Å². The third kappa shape index (κ3) is 2.48. The Balaban J connectivity index is 2.06. The Labute approximate surface area is 98.6 Å². The van der Waals surface area contributed by atoms with Crippen LogP contribution in [0, 0.1) is 0 Å². The van der Waals surface area contributed by atoms with Crippen LogP contribution in [0.2, 0.25) is 0 Å². The number of hydrogen-bond donors (Lipinski definition) is 1. The van der Waals surface area contributed by atoms with E-state index in [1.54, 1.807) is 17.7 Å². The molecule has 2 heterocycles. The summed E-state index contributed by atoms with van der Waals surface area (Å²) < 4.78 is 1.86. The van der Waals surface area contributed by atoms with E-state index in [9.17, 15) is 5.11 Å². The van der Waals surface area contributed by atoms with Crippen LogP contribution in [-0.4, -0.2) is 19.9 Å². The molecule has 0 aliphatic carbocycles. The van der Waals surface area contributed by atoms with Crippen LogP contribution in [0.1, 0.15) is 30.2 Å². The van der Waals surface area contributed by atoms with E-state index < -0.39 is 6.10 Å². The van der Waals surface area contributed by atoms with Crippen LogP contribution >= 0.6 is 11.3 Å². The SMILES string of the molecule is CCCn1ncnc1CC(O)c1cccs1. The molecule has 0 saturated carbocycles. The Morgan fingerprint density at radius 2 is 2.44 bits per heavy atom. The number of aromatic nitrogens is 3. The average Bonchev–Trinajstić information content (AvgIpc) is 2.90. The van der Waals surface area contributed by atoms with Crippen molar-refractivity contribution in [2.75, 3.05) is 0 Å². The van der Waals surface area contributed by atoms with Gasteiger partial charge >= 0.3 is 0 Å². The van der Waals surface area contributed by atoms with E-state index in [-0.39, 0.29) is 0 Å².